The maximum Gasteiger partial charge on any atom is 0.224 e. The van der Waals surface area contributed by atoms with Gasteiger partial charge in [-0.05, 0) is 70.4 Å². The molecule has 3 heterocycles. The standard InChI is InChI=1S/C21H34N4O/c1-2-3-12-24-14-9-20(10-15-24)25-13-6-7-18(17-25)21(26)23-16-19-8-4-5-11-22-19/h4-5,8,11,18,20H,2-3,6-7,9-10,12-17H2,1H3,(H,23,26). The molecule has 1 aromatic heterocycles. The lowest BCUT2D eigenvalue weighted by Crippen LogP contribution is -2.50. The number of unbranched alkanes of at least 4 members (excludes halogenated alkanes) is 1. The van der Waals surface area contributed by atoms with Crippen molar-refractivity contribution in [3.63, 3.8) is 0 Å². The minimum atomic E-state index is 0.130. The van der Waals surface area contributed by atoms with Gasteiger partial charge in [0.2, 0.25) is 5.91 Å². The second-order valence-corrected chi connectivity index (χ2v) is 7.80. The van der Waals surface area contributed by atoms with Crippen LogP contribution < -0.4 is 5.32 Å². The number of hydrogen-bond acceptors (Lipinski definition) is 4. The SMILES string of the molecule is CCCCN1CCC(N2CCCC(C(=O)NCc3ccccn3)C2)CC1. The Kier molecular flexibility index (Phi) is 7.44. The highest BCUT2D eigenvalue weighted by atomic mass is 16.1. The summed E-state index contributed by atoms with van der Waals surface area (Å²) in [6, 6.07) is 6.49. The molecule has 3 rings (SSSR count). The van der Waals surface area contributed by atoms with Gasteiger partial charge < -0.3 is 10.2 Å². The van der Waals surface area contributed by atoms with Crippen molar-refractivity contribution in [2.75, 3.05) is 32.7 Å². The summed E-state index contributed by atoms with van der Waals surface area (Å²) >= 11 is 0. The Labute approximate surface area is 158 Å². The van der Waals surface area contributed by atoms with Crippen LogP contribution in [0.25, 0.3) is 0 Å². The number of carbonyl (C=O) groups excluding carboxylic acids is 1. The fraction of sp³-hybridized carbons (Fsp3) is 0.714. The summed E-state index contributed by atoms with van der Waals surface area (Å²) in [4.78, 5) is 22.1. The molecule has 5 heteroatoms. The van der Waals surface area contributed by atoms with Crippen molar-refractivity contribution in [3.05, 3.63) is 30.1 Å². The number of likely N-dealkylation sites (tertiary alicyclic amines) is 2. The number of piperidine rings is 2. The van der Waals surface area contributed by atoms with Gasteiger partial charge in [0.1, 0.15) is 0 Å². The minimum Gasteiger partial charge on any atom is -0.350 e. The third-order valence-corrected chi connectivity index (χ3v) is 5.89. The van der Waals surface area contributed by atoms with Crippen molar-refractivity contribution >= 4 is 5.91 Å². The van der Waals surface area contributed by atoms with Gasteiger partial charge in [-0.1, -0.05) is 19.4 Å². The number of nitrogens with zero attached hydrogens (tertiary/aromatic N) is 3. The largest absolute Gasteiger partial charge is 0.350 e. The molecule has 2 saturated heterocycles. The highest BCUT2D eigenvalue weighted by Gasteiger charge is 2.31. The van der Waals surface area contributed by atoms with Crippen LogP contribution >= 0.6 is 0 Å². The molecule has 0 spiro atoms. The molecule has 0 radical (unpaired) electrons. The molecule has 144 valence electrons. The lowest BCUT2D eigenvalue weighted by atomic mass is 9.93. The highest BCUT2D eigenvalue weighted by Crippen LogP contribution is 2.24. The Morgan fingerprint density at radius 3 is 2.81 bits per heavy atom. The summed E-state index contributed by atoms with van der Waals surface area (Å²) < 4.78 is 0. The van der Waals surface area contributed by atoms with E-state index in [4.69, 9.17) is 0 Å². The monoisotopic (exact) mass is 358 g/mol. The van der Waals surface area contributed by atoms with Crippen molar-refractivity contribution in [1.29, 1.82) is 0 Å². The summed E-state index contributed by atoms with van der Waals surface area (Å²) in [7, 11) is 0. The number of nitrogens with one attached hydrogen (secondary N) is 1. The number of aromatic nitrogens is 1. The van der Waals surface area contributed by atoms with E-state index < -0.39 is 0 Å². The van der Waals surface area contributed by atoms with E-state index in [9.17, 15) is 4.79 Å². The van der Waals surface area contributed by atoms with Crippen molar-refractivity contribution < 1.29 is 4.79 Å². The Morgan fingerprint density at radius 2 is 2.08 bits per heavy atom. The van der Waals surface area contributed by atoms with E-state index in [1.165, 1.54) is 45.3 Å². The Hall–Kier alpha value is -1.46. The lowest BCUT2D eigenvalue weighted by Gasteiger charge is -2.42. The molecule has 0 aliphatic carbocycles. The van der Waals surface area contributed by atoms with Crippen LogP contribution in [-0.4, -0.2) is 59.5 Å². The van der Waals surface area contributed by atoms with Gasteiger partial charge in [0.05, 0.1) is 18.2 Å². The first-order valence-electron chi connectivity index (χ1n) is 10.4. The zero-order chi connectivity index (χ0) is 18.2. The van der Waals surface area contributed by atoms with Gasteiger partial charge in [0.15, 0.2) is 0 Å². The predicted octanol–water partition coefficient (Wildman–Crippen LogP) is 2.67. The van der Waals surface area contributed by atoms with Crippen molar-refractivity contribution in [3.8, 4) is 0 Å². The number of amides is 1. The molecule has 2 fully saturated rings. The molecule has 0 aromatic carbocycles. The van der Waals surface area contributed by atoms with Crippen molar-refractivity contribution in [2.24, 2.45) is 5.92 Å². The number of carbonyl (C=O) groups is 1. The summed E-state index contributed by atoms with van der Waals surface area (Å²) in [6.45, 7) is 8.57. The van der Waals surface area contributed by atoms with Gasteiger partial charge in [0.25, 0.3) is 0 Å². The molecule has 5 nitrogen and oxygen atoms in total. The van der Waals surface area contributed by atoms with E-state index in [-0.39, 0.29) is 11.8 Å². The first-order chi connectivity index (χ1) is 12.8. The molecule has 1 N–H and O–H groups in total. The molecule has 26 heavy (non-hydrogen) atoms. The van der Waals surface area contributed by atoms with E-state index >= 15 is 0 Å². The maximum absolute atomic E-state index is 12.6. The van der Waals surface area contributed by atoms with E-state index in [1.807, 2.05) is 18.2 Å². The molecular weight excluding hydrogens is 324 g/mol. The molecule has 1 unspecified atom stereocenters. The second-order valence-electron chi connectivity index (χ2n) is 7.80. The van der Waals surface area contributed by atoms with Gasteiger partial charge in [0, 0.05) is 18.8 Å². The van der Waals surface area contributed by atoms with Crippen LogP contribution in [0, 0.1) is 5.92 Å². The smallest absolute Gasteiger partial charge is 0.224 e. The Balaban J connectivity index is 1.43. The molecule has 1 atom stereocenters. The average Bonchev–Trinajstić information content (AvgIpc) is 2.71. The Bertz CT molecular complexity index is 542. The van der Waals surface area contributed by atoms with Crippen LogP contribution in [0.15, 0.2) is 24.4 Å². The van der Waals surface area contributed by atoms with Crippen LogP contribution in [0.3, 0.4) is 0 Å². The van der Waals surface area contributed by atoms with Crippen LogP contribution in [0.4, 0.5) is 0 Å². The van der Waals surface area contributed by atoms with Gasteiger partial charge in [-0.2, -0.15) is 0 Å². The topological polar surface area (TPSA) is 48.5 Å². The van der Waals surface area contributed by atoms with Crippen LogP contribution in [0.2, 0.25) is 0 Å². The molecule has 0 bridgehead atoms. The van der Waals surface area contributed by atoms with Crippen molar-refractivity contribution in [1.82, 2.24) is 20.1 Å². The average molecular weight is 359 g/mol. The molecular formula is C21H34N4O. The fourth-order valence-electron chi connectivity index (χ4n) is 4.27. The van der Waals surface area contributed by atoms with Crippen LogP contribution in [0.5, 0.6) is 0 Å². The highest BCUT2D eigenvalue weighted by molar-refractivity contribution is 5.78. The molecule has 2 aliphatic rings. The normalized spacial score (nSPS) is 23.0. The van der Waals surface area contributed by atoms with Gasteiger partial charge in [-0.25, -0.2) is 0 Å². The van der Waals surface area contributed by atoms with E-state index in [0.29, 0.717) is 12.6 Å². The Morgan fingerprint density at radius 1 is 1.23 bits per heavy atom. The van der Waals surface area contributed by atoms with Crippen LogP contribution in [0.1, 0.15) is 51.1 Å². The number of pyridine rings is 1. The lowest BCUT2D eigenvalue weighted by molar-refractivity contribution is -0.127. The maximum atomic E-state index is 12.6. The van der Waals surface area contributed by atoms with Gasteiger partial charge in [-0.3, -0.25) is 14.7 Å². The molecule has 2 aliphatic heterocycles. The minimum absolute atomic E-state index is 0.130. The van der Waals surface area contributed by atoms with Crippen molar-refractivity contribution in [2.45, 2.75) is 58.0 Å². The molecule has 0 saturated carbocycles. The predicted molar refractivity (Wildman–Crippen MR) is 105 cm³/mol. The van der Waals surface area contributed by atoms with Gasteiger partial charge in [-0.15, -0.1) is 0 Å². The van der Waals surface area contributed by atoms with E-state index in [2.05, 4.69) is 27.0 Å². The second kappa shape index (κ2) is 10.0. The van der Waals surface area contributed by atoms with E-state index in [0.717, 1.165) is 31.6 Å². The number of hydrogen-bond donors (Lipinski definition) is 1. The summed E-state index contributed by atoms with van der Waals surface area (Å²) in [5, 5.41) is 3.09. The third-order valence-electron chi connectivity index (χ3n) is 5.89. The zero-order valence-electron chi connectivity index (χ0n) is 16.2. The van der Waals surface area contributed by atoms with E-state index in [1.54, 1.807) is 6.20 Å². The molecule has 1 amide bonds. The summed E-state index contributed by atoms with van der Waals surface area (Å²) in [6.07, 6.45) is 9.03. The third kappa shape index (κ3) is 5.52. The van der Waals surface area contributed by atoms with Crippen LogP contribution in [-0.2, 0) is 11.3 Å². The first-order valence-corrected chi connectivity index (χ1v) is 10.4. The summed E-state index contributed by atoms with van der Waals surface area (Å²) in [5.41, 5.74) is 0.924. The molecule has 1 aromatic rings. The fourth-order valence-corrected chi connectivity index (χ4v) is 4.27. The number of rotatable bonds is 7. The van der Waals surface area contributed by atoms with Gasteiger partial charge >= 0.3 is 0 Å². The summed E-state index contributed by atoms with van der Waals surface area (Å²) in [5.74, 6) is 0.325. The zero-order valence-corrected chi connectivity index (χ0v) is 16.2. The first kappa shape index (κ1) is 19.3. The quantitative estimate of drug-likeness (QED) is 0.814.